The van der Waals surface area contributed by atoms with Gasteiger partial charge in [0, 0.05) is 31.6 Å². The third kappa shape index (κ3) is 5.00. The van der Waals surface area contributed by atoms with Crippen LogP contribution in [-0.4, -0.2) is 46.0 Å². The molecule has 1 aliphatic heterocycles. The number of aromatic nitrogens is 3. The van der Waals surface area contributed by atoms with Crippen molar-refractivity contribution in [3.05, 3.63) is 46.5 Å². The number of piperidine rings is 1. The number of hydrogen-bond donors (Lipinski definition) is 2. The van der Waals surface area contributed by atoms with E-state index in [4.69, 9.17) is 0 Å². The summed E-state index contributed by atoms with van der Waals surface area (Å²) < 4.78 is 28.4. The van der Waals surface area contributed by atoms with Crippen molar-refractivity contribution >= 4 is 44.3 Å². The number of carbonyl (C=O) groups is 2. The Labute approximate surface area is 191 Å². The van der Waals surface area contributed by atoms with Gasteiger partial charge in [-0.2, -0.15) is 4.98 Å². The summed E-state index contributed by atoms with van der Waals surface area (Å²) in [6, 6.07) is 2.71. The summed E-state index contributed by atoms with van der Waals surface area (Å²) in [5, 5.41) is 5.74. The van der Waals surface area contributed by atoms with Crippen LogP contribution in [-0.2, 0) is 16.1 Å². The van der Waals surface area contributed by atoms with E-state index < -0.39 is 29.6 Å². The number of nitrogens with zero attached hydrogens (tertiary/aromatic N) is 4. The molecule has 3 heterocycles. The molecule has 0 radical (unpaired) electrons. The van der Waals surface area contributed by atoms with Gasteiger partial charge < -0.3 is 15.5 Å². The molecule has 0 saturated carbocycles. The van der Waals surface area contributed by atoms with Crippen LogP contribution in [0.4, 0.5) is 19.6 Å². The Bertz CT molecular complexity index is 1250. The van der Waals surface area contributed by atoms with E-state index >= 15 is 0 Å². The van der Waals surface area contributed by atoms with Crippen LogP contribution in [0.15, 0.2) is 29.3 Å². The average molecular weight is 477 g/mol. The van der Waals surface area contributed by atoms with Gasteiger partial charge >= 0.3 is 0 Å². The van der Waals surface area contributed by atoms with Gasteiger partial charge in [-0.25, -0.2) is 13.8 Å². The van der Waals surface area contributed by atoms with E-state index in [9.17, 15) is 23.2 Å². The number of rotatable bonds is 6. The minimum Gasteiger partial charge on any atom is -0.356 e. The SMILES string of the molecule is CCNC(=O)C1CCN(c2nc3ncn(CC(=O)Nc4cc(F)ccc4F)c(=O)c3s2)CC1. The molecule has 0 spiro atoms. The Hall–Kier alpha value is -3.41. The van der Waals surface area contributed by atoms with E-state index in [-0.39, 0.29) is 23.2 Å². The van der Waals surface area contributed by atoms with Gasteiger partial charge in [-0.3, -0.25) is 19.0 Å². The molecule has 33 heavy (non-hydrogen) atoms. The second-order valence-corrected chi connectivity index (χ2v) is 8.63. The van der Waals surface area contributed by atoms with Crippen LogP contribution in [0.3, 0.4) is 0 Å². The zero-order chi connectivity index (χ0) is 23.5. The topological polar surface area (TPSA) is 109 Å². The summed E-state index contributed by atoms with van der Waals surface area (Å²) in [4.78, 5) is 47.8. The number of benzene rings is 1. The molecule has 0 bridgehead atoms. The van der Waals surface area contributed by atoms with E-state index in [0.29, 0.717) is 42.3 Å². The van der Waals surface area contributed by atoms with Crippen LogP contribution in [0.25, 0.3) is 10.3 Å². The molecule has 1 saturated heterocycles. The number of nitrogens with one attached hydrogen (secondary N) is 2. The first-order chi connectivity index (χ1) is 15.9. The maximum Gasteiger partial charge on any atom is 0.273 e. The van der Waals surface area contributed by atoms with Gasteiger partial charge in [0.05, 0.1) is 5.69 Å². The van der Waals surface area contributed by atoms with Gasteiger partial charge in [0.25, 0.3) is 5.56 Å². The molecule has 9 nitrogen and oxygen atoms in total. The van der Waals surface area contributed by atoms with Crippen molar-refractivity contribution in [2.45, 2.75) is 26.3 Å². The summed E-state index contributed by atoms with van der Waals surface area (Å²) >= 11 is 1.18. The van der Waals surface area contributed by atoms with E-state index in [1.54, 1.807) is 0 Å². The smallest absolute Gasteiger partial charge is 0.273 e. The quantitative estimate of drug-likeness (QED) is 0.564. The highest BCUT2D eigenvalue weighted by Gasteiger charge is 2.26. The van der Waals surface area contributed by atoms with Crippen LogP contribution in [0, 0.1) is 17.6 Å². The highest BCUT2D eigenvalue weighted by atomic mass is 32.1. The van der Waals surface area contributed by atoms with Crippen molar-refractivity contribution < 1.29 is 18.4 Å². The zero-order valence-electron chi connectivity index (χ0n) is 17.8. The maximum atomic E-state index is 13.7. The van der Waals surface area contributed by atoms with E-state index in [1.807, 2.05) is 11.8 Å². The Morgan fingerprint density at radius 1 is 1.24 bits per heavy atom. The highest BCUT2D eigenvalue weighted by molar-refractivity contribution is 7.22. The normalized spacial score (nSPS) is 14.5. The average Bonchev–Trinajstić information content (AvgIpc) is 3.24. The Morgan fingerprint density at radius 2 is 2.00 bits per heavy atom. The summed E-state index contributed by atoms with van der Waals surface area (Å²) in [6.45, 7) is 3.35. The molecular weight excluding hydrogens is 454 g/mol. The van der Waals surface area contributed by atoms with Gasteiger partial charge in [-0.1, -0.05) is 11.3 Å². The van der Waals surface area contributed by atoms with Gasteiger partial charge in [0.1, 0.15) is 29.2 Å². The van der Waals surface area contributed by atoms with E-state index in [0.717, 1.165) is 22.8 Å². The fourth-order valence-corrected chi connectivity index (χ4v) is 4.69. The number of amides is 2. The van der Waals surface area contributed by atoms with Crippen molar-refractivity contribution in [2.75, 3.05) is 29.9 Å². The fraction of sp³-hybridized carbons (Fsp3) is 0.381. The number of carbonyl (C=O) groups excluding carboxylic acids is 2. The third-order valence-corrected chi connectivity index (χ3v) is 6.47. The fourth-order valence-electron chi connectivity index (χ4n) is 3.67. The van der Waals surface area contributed by atoms with Gasteiger partial charge in [-0.15, -0.1) is 0 Å². The van der Waals surface area contributed by atoms with Crippen molar-refractivity contribution in [1.82, 2.24) is 19.9 Å². The molecule has 0 aliphatic carbocycles. The number of halogens is 2. The minimum atomic E-state index is -0.784. The van der Waals surface area contributed by atoms with E-state index in [2.05, 4.69) is 20.6 Å². The van der Waals surface area contributed by atoms with Crippen molar-refractivity contribution in [3.8, 4) is 0 Å². The summed E-state index contributed by atoms with van der Waals surface area (Å²) in [5.74, 6) is -2.15. The van der Waals surface area contributed by atoms with Crippen LogP contribution in [0.5, 0.6) is 0 Å². The van der Waals surface area contributed by atoms with Crippen molar-refractivity contribution in [2.24, 2.45) is 5.92 Å². The predicted octanol–water partition coefficient (Wildman–Crippen LogP) is 2.12. The summed E-state index contributed by atoms with van der Waals surface area (Å²) in [7, 11) is 0. The third-order valence-electron chi connectivity index (χ3n) is 5.38. The largest absolute Gasteiger partial charge is 0.356 e. The van der Waals surface area contributed by atoms with Crippen molar-refractivity contribution in [3.63, 3.8) is 0 Å². The van der Waals surface area contributed by atoms with Crippen LogP contribution in [0.2, 0.25) is 0 Å². The molecule has 174 valence electrons. The lowest BCUT2D eigenvalue weighted by molar-refractivity contribution is -0.125. The Balaban J connectivity index is 1.46. The minimum absolute atomic E-state index is 0.0348. The van der Waals surface area contributed by atoms with Gasteiger partial charge in [0.15, 0.2) is 10.8 Å². The predicted molar refractivity (Wildman–Crippen MR) is 120 cm³/mol. The standard InChI is InChI=1S/C21H22F2N6O3S/c1-2-24-19(31)12-5-7-28(8-6-12)21-27-18-17(33-21)20(32)29(11-25-18)10-16(30)26-15-9-13(22)3-4-14(15)23/h3-4,9,11-12H,2,5-8,10H2,1H3,(H,24,31)(H,26,30). The molecule has 1 fully saturated rings. The summed E-state index contributed by atoms with van der Waals surface area (Å²) in [5.41, 5.74) is -0.479. The van der Waals surface area contributed by atoms with Crippen LogP contribution >= 0.6 is 11.3 Å². The molecule has 4 rings (SSSR count). The first-order valence-electron chi connectivity index (χ1n) is 10.5. The molecule has 2 amide bonds. The second-order valence-electron chi connectivity index (χ2n) is 7.66. The zero-order valence-corrected chi connectivity index (χ0v) is 18.6. The lowest BCUT2D eigenvalue weighted by Gasteiger charge is -2.30. The van der Waals surface area contributed by atoms with Crippen molar-refractivity contribution in [1.29, 1.82) is 0 Å². The second kappa shape index (κ2) is 9.61. The first-order valence-corrected chi connectivity index (χ1v) is 11.3. The van der Waals surface area contributed by atoms with Gasteiger partial charge in [-0.05, 0) is 31.9 Å². The lowest BCUT2D eigenvalue weighted by atomic mass is 9.96. The Kier molecular flexibility index (Phi) is 6.63. The highest BCUT2D eigenvalue weighted by Crippen LogP contribution is 2.29. The molecule has 1 aromatic carbocycles. The molecule has 0 atom stereocenters. The van der Waals surface area contributed by atoms with E-state index in [1.165, 1.54) is 17.7 Å². The molecule has 12 heteroatoms. The molecule has 2 N–H and O–H groups in total. The Morgan fingerprint density at radius 3 is 2.73 bits per heavy atom. The molecule has 0 unspecified atom stereocenters. The number of anilines is 2. The molecule has 1 aliphatic rings. The molecule has 3 aromatic rings. The summed E-state index contributed by atoms with van der Waals surface area (Å²) in [6.07, 6.45) is 2.59. The van der Waals surface area contributed by atoms with Crippen LogP contribution in [0.1, 0.15) is 19.8 Å². The molecular formula is C21H22F2N6O3S. The first kappa shape index (κ1) is 22.8. The number of fused-ring (bicyclic) bond motifs is 1. The number of hydrogen-bond acceptors (Lipinski definition) is 7. The number of thiazole rings is 1. The molecule has 2 aromatic heterocycles. The maximum absolute atomic E-state index is 13.7. The lowest BCUT2D eigenvalue weighted by Crippen LogP contribution is -2.40. The van der Waals surface area contributed by atoms with Crippen LogP contribution < -0.4 is 21.1 Å². The monoisotopic (exact) mass is 476 g/mol. The van der Waals surface area contributed by atoms with Gasteiger partial charge in [0.2, 0.25) is 11.8 Å².